The molecule has 0 bridgehead atoms. The van der Waals surface area contributed by atoms with E-state index in [1.54, 1.807) is 12.1 Å². The lowest BCUT2D eigenvalue weighted by atomic mass is 9.95. The number of benzene rings is 1. The van der Waals surface area contributed by atoms with E-state index in [-0.39, 0.29) is 0 Å². The molecular weight excluding hydrogens is 160 g/mol. The molecule has 0 amide bonds. The minimum atomic E-state index is 0.477. The molecule has 0 spiro atoms. The van der Waals surface area contributed by atoms with Crippen molar-refractivity contribution in [3.8, 4) is 0 Å². The summed E-state index contributed by atoms with van der Waals surface area (Å²) in [5.41, 5.74) is 1.62. The summed E-state index contributed by atoms with van der Waals surface area (Å²) in [5, 5.41) is 0. The zero-order valence-corrected chi connectivity index (χ0v) is 6.51. The van der Waals surface area contributed by atoms with Crippen molar-refractivity contribution in [2.45, 2.75) is 0 Å². The summed E-state index contributed by atoms with van der Waals surface area (Å²) in [6.07, 6.45) is 1.46. The van der Waals surface area contributed by atoms with E-state index in [0.717, 1.165) is 5.46 Å². The summed E-state index contributed by atoms with van der Waals surface area (Å²) < 4.78 is 0. The van der Waals surface area contributed by atoms with Crippen LogP contribution < -0.4 is 5.46 Å². The van der Waals surface area contributed by atoms with Crippen molar-refractivity contribution in [1.29, 1.82) is 0 Å². The van der Waals surface area contributed by atoms with E-state index in [4.69, 9.17) is 11.5 Å². The fraction of sp³-hybridized carbons (Fsp3) is 0. The molecule has 0 saturated carbocycles. The summed E-state index contributed by atoms with van der Waals surface area (Å²) in [5.74, 6) is 0. The lowest BCUT2D eigenvalue weighted by Gasteiger charge is -1.92. The van der Waals surface area contributed by atoms with E-state index in [0.29, 0.717) is 12.4 Å². The quantitative estimate of drug-likeness (QED) is 0.363. The van der Waals surface area contributed by atoms with Crippen molar-refractivity contribution < 1.29 is 4.79 Å². The maximum Gasteiger partial charge on any atom is 0.265 e. The van der Waals surface area contributed by atoms with E-state index in [9.17, 15) is 4.79 Å². The molecule has 1 aromatic carbocycles. The summed E-state index contributed by atoms with van der Waals surface area (Å²) in [7, 11) is 0. The molecule has 2 nitrogen and oxygen atoms in total. The van der Waals surface area contributed by atoms with Crippen molar-refractivity contribution >= 4 is 35.4 Å². The number of nitrogens with zero attached hydrogens (tertiary/aromatic N) is 1. The molecule has 0 aliphatic carbocycles. The van der Waals surface area contributed by atoms with Gasteiger partial charge < -0.3 is 0 Å². The van der Waals surface area contributed by atoms with Crippen molar-refractivity contribution in [3.05, 3.63) is 24.3 Å². The van der Waals surface area contributed by atoms with Crippen molar-refractivity contribution in [1.82, 2.24) is 0 Å². The third-order valence-electron chi connectivity index (χ3n) is 1.27. The Bertz CT molecular complexity index is 279. The van der Waals surface area contributed by atoms with E-state index >= 15 is 0 Å². The highest BCUT2D eigenvalue weighted by molar-refractivity contribution is 7.01. The van der Waals surface area contributed by atoms with Gasteiger partial charge in [0.05, 0.1) is 5.69 Å². The standard InChI is InChI=1S/C7H5BClNO/c9-8-6-1-3-7(4-2-6)10-5-11/h1-4,8H. The molecule has 0 heterocycles. The van der Waals surface area contributed by atoms with Crippen LogP contribution in [0.5, 0.6) is 0 Å². The van der Waals surface area contributed by atoms with Crippen LogP contribution in [0, 0.1) is 0 Å². The molecule has 4 heteroatoms. The molecule has 0 aromatic heterocycles. The second kappa shape index (κ2) is 3.96. The Morgan fingerprint density at radius 3 is 2.45 bits per heavy atom. The van der Waals surface area contributed by atoms with Gasteiger partial charge in [-0.3, -0.25) is 0 Å². The molecule has 0 fully saturated rings. The zero-order valence-electron chi connectivity index (χ0n) is 5.75. The van der Waals surface area contributed by atoms with Gasteiger partial charge in [0.25, 0.3) is 6.69 Å². The van der Waals surface area contributed by atoms with Gasteiger partial charge in [-0.2, -0.15) is 16.5 Å². The van der Waals surface area contributed by atoms with E-state index in [2.05, 4.69) is 4.99 Å². The number of aliphatic imine (C=N–C) groups is 1. The van der Waals surface area contributed by atoms with Gasteiger partial charge in [0.15, 0.2) is 0 Å². The second-order valence-electron chi connectivity index (χ2n) is 2.00. The van der Waals surface area contributed by atoms with Gasteiger partial charge in [-0.25, -0.2) is 4.79 Å². The van der Waals surface area contributed by atoms with Gasteiger partial charge in [-0.15, -0.1) is 0 Å². The highest BCUT2D eigenvalue weighted by Gasteiger charge is 1.91. The Hall–Kier alpha value is -1.05. The van der Waals surface area contributed by atoms with Crippen molar-refractivity contribution in [2.75, 3.05) is 0 Å². The van der Waals surface area contributed by atoms with Gasteiger partial charge in [-0.1, -0.05) is 17.6 Å². The van der Waals surface area contributed by atoms with Gasteiger partial charge >= 0.3 is 0 Å². The molecule has 0 radical (unpaired) electrons. The van der Waals surface area contributed by atoms with Gasteiger partial charge in [0, 0.05) is 0 Å². The number of halogens is 1. The van der Waals surface area contributed by atoms with Crippen LogP contribution in [0.4, 0.5) is 5.69 Å². The lowest BCUT2D eigenvalue weighted by molar-refractivity contribution is 0.565. The van der Waals surface area contributed by atoms with Crippen LogP contribution in [0.3, 0.4) is 0 Å². The fourth-order valence-corrected chi connectivity index (χ4v) is 0.890. The summed E-state index contributed by atoms with van der Waals surface area (Å²) in [6.45, 7) is 0.477. The third-order valence-corrected chi connectivity index (χ3v) is 1.57. The van der Waals surface area contributed by atoms with Crippen LogP contribution in [0.2, 0.25) is 0 Å². The maximum absolute atomic E-state index is 9.81. The molecule has 0 N–H and O–H groups in total. The first kappa shape index (κ1) is 8.06. The average Bonchev–Trinajstić information content (AvgIpc) is 2.07. The Morgan fingerprint density at radius 1 is 1.36 bits per heavy atom. The minimum Gasteiger partial charge on any atom is -0.211 e. The fourth-order valence-electron chi connectivity index (χ4n) is 0.712. The number of rotatable bonds is 2. The topological polar surface area (TPSA) is 29.4 Å². The third kappa shape index (κ3) is 2.22. The Kier molecular flexibility index (Phi) is 2.90. The molecule has 0 aliphatic rings. The van der Waals surface area contributed by atoms with Crippen LogP contribution in [-0.4, -0.2) is 12.8 Å². The molecule has 11 heavy (non-hydrogen) atoms. The number of carbonyl (C=O) groups excluding carboxylic acids is 1. The smallest absolute Gasteiger partial charge is 0.211 e. The van der Waals surface area contributed by atoms with E-state index in [1.165, 1.54) is 6.08 Å². The number of isocyanates is 1. The van der Waals surface area contributed by atoms with Gasteiger partial charge in [0.1, 0.15) is 0 Å². The zero-order chi connectivity index (χ0) is 8.10. The van der Waals surface area contributed by atoms with E-state index in [1.807, 2.05) is 12.1 Å². The van der Waals surface area contributed by atoms with E-state index < -0.39 is 0 Å². The highest BCUT2D eigenvalue weighted by Crippen LogP contribution is 2.06. The van der Waals surface area contributed by atoms with Crippen LogP contribution in [0.15, 0.2) is 29.3 Å². The predicted molar refractivity (Wildman–Crippen MR) is 46.9 cm³/mol. The summed E-state index contributed by atoms with van der Waals surface area (Å²) >= 11 is 5.55. The average molecular weight is 165 g/mol. The molecule has 1 aromatic rings. The maximum atomic E-state index is 9.81. The highest BCUT2D eigenvalue weighted by atomic mass is 35.5. The first-order chi connectivity index (χ1) is 5.36. The predicted octanol–water partition coefficient (Wildman–Crippen LogP) is 0.869. The normalized spacial score (nSPS) is 8.45. The SMILES string of the molecule is O=C=Nc1ccc(BCl)cc1. The Morgan fingerprint density at radius 2 is 2.00 bits per heavy atom. The molecule has 0 atom stereocenters. The summed E-state index contributed by atoms with van der Waals surface area (Å²) in [6, 6.07) is 7.09. The molecule has 0 unspecified atom stereocenters. The Labute approximate surface area is 70.1 Å². The largest absolute Gasteiger partial charge is 0.265 e. The first-order valence-corrected chi connectivity index (χ1v) is 3.63. The van der Waals surface area contributed by atoms with Crippen LogP contribution in [-0.2, 0) is 4.79 Å². The van der Waals surface area contributed by atoms with Crippen LogP contribution in [0.1, 0.15) is 0 Å². The molecule has 0 saturated heterocycles. The molecular formula is C7H5BClNO. The van der Waals surface area contributed by atoms with Crippen molar-refractivity contribution in [2.24, 2.45) is 4.99 Å². The molecule has 1 rings (SSSR count). The molecule has 54 valence electrons. The minimum absolute atomic E-state index is 0.477. The first-order valence-electron chi connectivity index (χ1n) is 3.09. The monoisotopic (exact) mass is 165 g/mol. The lowest BCUT2D eigenvalue weighted by Crippen LogP contribution is -2.05. The second-order valence-corrected chi connectivity index (χ2v) is 2.27. The summed E-state index contributed by atoms with van der Waals surface area (Å²) in [4.78, 5) is 13.2. The van der Waals surface area contributed by atoms with Crippen LogP contribution in [0.25, 0.3) is 0 Å². The molecule has 0 aliphatic heterocycles. The van der Waals surface area contributed by atoms with Crippen molar-refractivity contribution in [3.63, 3.8) is 0 Å². The van der Waals surface area contributed by atoms with Gasteiger partial charge in [0.2, 0.25) is 6.08 Å². The number of hydrogen-bond donors (Lipinski definition) is 0. The van der Waals surface area contributed by atoms with Gasteiger partial charge in [-0.05, 0) is 12.1 Å². The van der Waals surface area contributed by atoms with Crippen LogP contribution >= 0.6 is 11.5 Å². The Balaban J connectivity index is 2.91. The number of hydrogen-bond acceptors (Lipinski definition) is 2.